The van der Waals surface area contributed by atoms with Gasteiger partial charge in [0, 0.05) is 0 Å². The van der Waals surface area contributed by atoms with Gasteiger partial charge in [-0.1, -0.05) is 6.42 Å². The molecule has 1 aliphatic heterocycles. The Bertz CT molecular complexity index is 787. The van der Waals surface area contributed by atoms with Gasteiger partial charge in [0.25, 0.3) is 0 Å². The van der Waals surface area contributed by atoms with Crippen molar-refractivity contribution in [3.05, 3.63) is 23.5 Å². The number of methoxy groups -OCH3 is 2. The summed E-state index contributed by atoms with van der Waals surface area (Å²) in [6.45, 7) is 0. The van der Waals surface area contributed by atoms with E-state index in [0.717, 1.165) is 19.3 Å². The first-order valence-corrected chi connectivity index (χ1v) is 8.38. The summed E-state index contributed by atoms with van der Waals surface area (Å²) in [4.78, 5) is 22.4. The number of carbonyl (C=O) groups excluding carboxylic acids is 1. The fraction of sp³-hybridized carbons (Fsp3) is 0.471. The van der Waals surface area contributed by atoms with E-state index >= 15 is 0 Å². The summed E-state index contributed by atoms with van der Waals surface area (Å²) < 4.78 is 24.4. The van der Waals surface area contributed by atoms with Crippen LogP contribution in [0.3, 0.4) is 0 Å². The molecule has 4 N–H and O–H groups in total. The first kappa shape index (κ1) is 18.0. The molecular weight excluding hydrogens is 341 g/mol. The van der Waals surface area contributed by atoms with E-state index in [1.54, 1.807) is 4.90 Å². The first-order valence-electron chi connectivity index (χ1n) is 8.38. The summed E-state index contributed by atoms with van der Waals surface area (Å²) in [5, 5.41) is 0. The van der Waals surface area contributed by atoms with Gasteiger partial charge < -0.3 is 20.9 Å². The average Bonchev–Trinajstić information content (AvgIpc) is 2.61. The highest BCUT2D eigenvalue weighted by atomic mass is 19.1. The zero-order valence-corrected chi connectivity index (χ0v) is 14.8. The Balaban J connectivity index is 2.20. The number of anilines is 1. The number of ether oxygens (including phenoxy) is 2. The van der Waals surface area contributed by atoms with Gasteiger partial charge in [-0.25, -0.2) is 14.2 Å². The van der Waals surface area contributed by atoms with Crippen LogP contribution in [0.1, 0.15) is 42.5 Å². The summed E-state index contributed by atoms with van der Waals surface area (Å²) in [7, 11) is 2.53. The molecule has 0 radical (unpaired) electrons. The molecule has 3 rings (SSSR count). The third-order valence-electron chi connectivity index (χ3n) is 4.77. The van der Waals surface area contributed by atoms with E-state index in [1.165, 1.54) is 26.4 Å². The molecule has 8 nitrogen and oxygen atoms in total. The molecule has 1 spiro atoms. The second kappa shape index (κ2) is 6.81. The van der Waals surface area contributed by atoms with Gasteiger partial charge in [-0.15, -0.1) is 0 Å². The van der Waals surface area contributed by atoms with E-state index < -0.39 is 17.4 Å². The molecule has 26 heavy (non-hydrogen) atoms. The second-order valence-corrected chi connectivity index (χ2v) is 6.28. The van der Waals surface area contributed by atoms with Crippen LogP contribution in [0, 0.1) is 5.82 Å². The molecule has 1 heterocycles. The monoisotopic (exact) mass is 363 g/mol. The molecule has 9 heteroatoms. The highest BCUT2D eigenvalue weighted by Gasteiger charge is 2.44. The molecule has 1 aliphatic carbocycles. The van der Waals surface area contributed by atoms with Gasteiger partial charge in [0.05, 0.1) is 19.9 Å². The van der Waals surface area contributed by atoms with E-state index in [9.17, 15) is 9.18 Å². The van der Waals surface area contributed by atoms with Crippen LogP contribution in [-0.2, 0) is 4.74 Å². The lowest BCUT2D eigenvalue weighted by atomic mass is 9.87. The van der Waals surface area contributed by atoms with Gasteiger partial charge in [0.2, 0.25) is 11.9 Å². The summed E-state index contributed by atoms with van der Waals surface area (Å²) in [5.74, 6) is -1.33. The summed E-state index contributed by atoms with van der Waals surface area (Å²) >= 11 is 0. The van der Waals surface area contributed by atoms with Crippen LogP contribution >= 0.6 is 0 Å². The van der Waals surface area contributed by atoms with Crippen LogP contribution in [0.5, 0.6) is 5.75 Å². The lowest BCUT2D eigenvalue weighted by Gasteiger charge is -2.46. The number of esters is 1. The summed E-state index contributed by atoms with van der Waals surface area (Å²) in [5.41, 5.74) is 11.4. The number of hydrogen-bond acceptors (Lipinski definition) is 8. The molecule has 1 aromatic rings. The van der Waals surface area contributed by atoms with Gasteiger partial charge in [-0.05, 0) is 37.8 Å². The van der Waals surface area contributed by atoms with E-state index in [4.69, 9.17) is 20.9 Å². The number of halogens is 1. The van der Waals surface area contributed by atoms with Gasteiger partial charge in [0.15, 0.2) is 5.75 Å². The van der Waals surface area contributed by atoms with Gasteiger partial charge >= 0.3 is 5.97 Å². The van der Waals surface area contributed by atoms with Crippen molar-refractivity contribution >= 4 is 23.6 Å². The van der Waals surface area contributed by atoms with Crippen molar-refractivity contribution in [1.82, 2.24) is 0 Å². The number of nitrogens with zero attached hydrogens (tertiary/aromatic N) is 3. The fourth-order valence-corrected chi connectivity index (χ4v) is 3.69. The van der Waals surface area contributed by atoms with Gasteiger partial charge in [-0.2, -0.15) is 4.99 Å². The number of carbonyl (C=O) groups is 1. The molecule has 0 atom stereocenters. The van der Waals surface area contributed by atoms with Crippen molar-refractivity contribution in [2.75, 3.05) is 19.1 Å². The Labute approximate surface area is 150 Å². The van der Waals surface area contributed by atoms with Gasteiger partial charge in [-0.3, -0.25) is 4.90 Å². The van der Waals surface area contributed by atoms with Crippen LogP contribution in [0.15, 0.2) is 22.1 Å². The number of hydrogen-bond donors (Lipinski definition) is 2. The predicted molar refractivity (Wildman–Crippen MR) is 95.8 cm³/mol. The maximum atomic E-state index is 14.3. The standard InChI is InChI=1S/C17H22FN5O3/c1-25-13-11(7-6-10(18)12(13)14(24)26-2)23-16(20)21-15(19)22-17(23)8-4-3-5-9-17/h6-7H,3-5,8-9H2,1-2H3,(H4,19,20,21,22). The van der Waals surface area contributed by atoms with Crippen LogP contribution in [0.4, 0.5) is 10.1 Å². The van der Waals surface area contributed by atoms with Crippen LogP contribution in [0.25, 0.3) is 0 Å². The Kier molecular flexibility index (Phi) is 4.71. The molecule has 0 aromatic heterocycles. The normalized spacial score (nSPS) is 19.0. The van der Waals surface area contributed by atoms with E-state index in [1.807, 2.05) is 0 Å². The van der Waals surface area contributed by atoms with E-state index in [2.05, 4.69) is 9.98 Å². The Morgan fingerprint density at radius 3 is 2.54 bits per heavy atom. The minimum absolute atomic E-state index is 0.0237. The van der Waals surface area contributed by atoms with Crippen molar-refractivity contribution in [3.63, 3.8) is 0 Å². The minimum atomic E-state index is -0.838. The number of nitrogens with two attached hydrogens (primary N) is 2. The quantitative estimate of drug-likeness (QED) is 0.790. The largest absolute Gasteiger partial charge is 0.494 e. The topological polar surface area (TPSA) is 116 Å². The Morgan fingerprint density at radius 1 is 1.23 bits per heavy atom. The van der Waals surface area contributed by atoms with Crippen molar-refractivity contribution in [1.29, 1.82) is 0 Å². The number of benzene rings is 1. The average molecular weight is 363 g/mol. The van der Waals surface area contributed by atoms with Gasteiger partial charge in [0.1, 0.15) is 17.0 Å². The molecule has 2 aliphatic rings. The highest BCUT2D eigenvalue weighted by molar-refractivity contribution is 6.07. The third-order valence-corrected chi connectivity index (χ3v) is 4.77. The Morgan fingerprint density at radius 2 is 1.92 bits per heavy atom. The zero-order chi connectivity index (χ0) is 18.9. The zero-order valence-electron chi connectivity index (χ0n) is 14.8. The molecule has 1 fully saturated rings. The number of aliphatic imine (C=N–C) groups is 2. The Hall–Kier alpha value is -2.84. The number of guanidine groups is 2. The summed E-state index contributed by atoms with van der Waals surface area (Å²) in [6.07, 6.45) is 4.37. The minimum Gasteiger partial charge on any atom is -0.494 e. The molecule has 140 valence electrons. The molecule has 0 bridgehead atoms. The van der Waals surface area contributed by atoms with Crippen molar-refractivity contribution in [2.24, 2.45) is 21.5 Å². The molecule has 0 saturated heterocycles. The van der Waals surface area contributed by atoms with Crippen molar-refractivity contribution in [2.45, 2.75) is 37.8 Å². The smallest absolute Gasteiger partial charge is 0.344 e. The SMILES string of the molecule is COC(=O)c1c(F)ccc(N2C(N)=NC(N)=NC23CCCCC3)c1OC. The maximum absolute atomic E-state index is 14.3. The van der Waals surface area contributed by atoms with Crippen LogP contribution in [0.2, 0.25) is 0 Å². The molecular formula is C17H22FN5O3. The van der Waals surface area contributed by atoms with Crippen molar-refractivity contribution < 1.29 is 18.7 Å². The molecule has 1 aromatic carbocycles. The first-order chi connectivity index (χ1) is 12.4. The molecule has 1 saturated carbocycles. The molecule has 0 amide bonds. The lowest BCUT2D eigenvalue weighted by Crippen LogP contribution is -2.58. The highest BCUT2D eigenvalue weighted by Crippen LogP contribution is 2.44. The van der Waals surface area contributed by atoms with E-state index in [-0.39, 0.29) is 23.2 Å². The predicted octanol–water partition coefficient (Wildman–Crippen LogP) is 1.73. The van der Waals surface area contributed by atoms with Crippen LogP contribution in [-0.4, -0.2) is 37.8 Å². The van der Waals surface area contributed by atoms with E-state index in [0.29, 0.717) is 18.5 Å². The number of rotatable bonds is 3. The third kappa shape index (κ3) is 2.83. The van der Waals surface area contributed by atoms with Crippen molar-refractivity contribution in [3.8, 4) is 5.75 Å². The molecule has 0 unspecified atom stereocenters. The fourth-order valence-electron chi connectivity index (χ4n) is 3.69. The lowest BCUT2D eigenvalue weighted by molar-refractivity contribution is 0.0591. The van der Waals surface area contributed by atoms with Crippen LogP contribution < -0.4 is 21.1 Å². The summed E-state index contributed by atoms with van der Waals surface area (Å²) in [6, 6.07) is 2.67. The maximum Gasteiger partial charge on any atom is 0.344 e. The second-order valence-electron chi connectivity index (χ2n) is 6.28.